The number of hydrogen-bond donors (Lipinski definition) is 2. The van der Waals surface area contributed by atoms with E-state index in [1.807, 2.05) is 6.07 Å². The van der Waals surface area contributed by atoms with Crippen molar-refractivity contribution in [3.05, 3.63) is 23.8 Å². The van der Waals surface area contributed by atoms with Crippen molar-refractivity contribution < 1.29 is 0 Å². The molecule has 1 aromatic heterocycles. The standard InChI is InChI=1S/C13H19N5/c1-2-7-18(6-1)8-5-14-10-11-3-4-12-13(9-11)16-17-15-12/h3-4,9,14H,1-2,5-8,10H2,(H,15,16,17). The summed E-state index contributed by atoms with van der Waals surface area (Å²) in [6, 6.07) is 6.20. The Morgan fingerprint density at radius 3 is 2.89 bits per heavy atom. The van der Waals surface area contributed by atoms with Gasteiger partial charge < -0.3 is 10.2 Å². The number of nitrogens with zero attached hydrogens (tertiary/aromatic N) is 3. The van der Waals surface area contributed by atoms with Crippen LogP contribution in [0.5, 0.6) is 0 Å². The van der Waals surface area contributed by atoms with E-state index in [1.165, 1.54) is 31.5 Å². The molecule has 3 rings (SSSR count). The first-order chi connectivity index (χ1) is 8.92. The summed E-state index contributed by atoms with van der Waals surface area (Å²) in [5.74, 6) is 0. The van der Waals surface area contributed by atoms with Crippen LogP contribution in [-0.2, 0) is 6.54 Å². The fraction of sp³-hybridized carbons (Fsp3) is 0.538. The number of benzene rings is 1. The number of aromatic amines is 1. The third-order valence-corrected chi connectivity index (χ3v) is 3.51. The predicted molar refractivity (Wildman–Crippen MR) is 71.3 cm³/mol. The summed E-state index contributed by atoms with van der Waals surface area (Å²) in [7, 11) is 0. The van der Waals surface area contributed by atoms with Crippen LogP contribution in [0, 0.1) is 0 Å². The summed E-state index contributed by atoms with van der Waals surface area (Å²) >= 11 is 0. The van der Waals surface area contributed by atoms with E-state index < -0.39 is 0 Å². The minimum Gasteiger partial charge on any atom is -0.311 e. The highest BCUT2D eigenvalue weighted by molar-refractivity contribution is 5.74. The summed E-state index contributed by atoms with van der Waals surface area (Å²) < 4.78 is 0. The van der Waals surface area contributed by atoms with Gasteiger partial charge in [-0.05, 0) is 43.6 Å². The quantitative estimate of drug-likeness (QED) is 0.776. The van der Waals surface area contributed by atoms with Crippen molar-refractivity contribution in [1.29, 1.82) is 0 Å². The van der Waals surface area contributed by atoms with E-state index in [9.17, 15) is 0 Å². The van der Waals surface area contributed by atoms with Gasteiger partial charge in [-0.25, -0.2) is 0 Å². The van der Waals surface area contributed by atoms with Gasteiger partial charge in [0, 0.05) is 19.6 Å². The van der Waals surface area contributed by atoms with E-state index in [0.717, 1.165) is 30.7 Å². The van der Waals surface area contributed by atoms with Crippen LogP contribution in [0.15, 0.2) is 18.2 Å². The molecule has 5 heteroatoms. The second kappa shape index (κ2) is 5.46. The van der Waals surface area contributed by atoms with Crippen molar-refractivity contribution >= 4 is 11.0 Å². The molecule has 2 aromatic rings. The molecule has 96 valence electrons. The van der Waals surface area contributed by atoms with Crippen LogP contribution < -0.4 is 5.32 Å². The third kappa shape index (κ3) is 2.68. The summed E-state index contributed by atoms with van der Waals surface area (Å²) in [5, 5.41) is 14.3. The highest BCUT2D eigenvalue weighted by atomic mass is 15.3. The molecule has 0 radical (unpaired) electrons. The lowest BCUT2D eigenvalue weighted by Gasteiger charge is -2.14. The first-order valence-corrected chi connectivity index (χ1v) is 6.64. The summed E-state index contributed by atoms with van der Waals surface area (Å²) in [6.07, 6.45) is 2.73. The topological polar surface area (TPSA) is 56.8 Å². The Bertz CT molecular complexity index is 501. The zero-order valence-electron chi connectivity index (χ0n) is 10.5. The molecule has 0 bridgehead atoms. The van der Waals surface area contributed by atoms with Crippen LogP contribution in [0.1, 0.15) is 18.4 Å². The maximum Gasteiger partial charge on any atom is 0.113 e. The second-order valence-corrected chi connectivity index (χ2v) is 4.87. The Morgan fingerprint density at radius 2 is 2.00 bits per heavy atom. The smallest absolute Gasteiger partial charge is 0.113 e. The van der Waals surface area contributed by atoms with Crippen LogP contribution >= 0.6 is 0 Å². The molecule has 2 heterocycles. The lowest BCUT2D eigenvalue weighted by Crippen LogP contribution is -2.29. The average Bonchev–Trinajstić information content (AvgIpc) is 3.05. The fourth-order valence-electron chi connectivity index (χ4n) is 2.47. The zero-order chi connectivity index (χ0) is 12.2. The van der Waals surface area contributed by atoms with Crippen molar-refractivity contribution in [2.75, 3.05) is 26.2 Å². The van der Waals surface area contributed by atoms with E-state index in [0.29, 0.717) is 0 Å². The number of hydrogen-bond acceptors (Lipinski definition) is 4. The molecule has 1 aliphatic rings. The molecule has 0 atom stereocenters. The van der Waals surface area contributed by atoms with E-state index in [1.54, 1.807) is 0 Å². The zero-order valence-corrected chi connectivity index (χ0v) is 10.5. The lowest BCUT2D eigenvalue weighted by atomic mass is 10.2. The maximum atomic E-state index is 4.10. The fourth-order valence-corrected chi connectivity index (χ4v) is 2.47. The first-order valence-electron chi connectivity index (χ1n) is 6.64. The van der Waals surface area contributed by atoms with Gasteiger partial charge in [-0.1, -0.05) is 6.07 Å². The van der Waals surface area contributed by atoms with Crippen molar-refractivity contribution in [3.8, 4) is 0 Å². The summed E-state index contributed by atoms with van der Waals surface area (Å²) in [5.41, 5.74) is 3.13. The number of nitrogens with one attached hydrogen (secondary N) is 2. The van der Waals surface area contributed by atoms with Crippen LogP contribution in [-0.4, -0.2) is 46.5 Å². The lowest BCUT2D eigenvalue weighted by molar-refractivity contribution is 0.335. The van der Waals surface area contributed by atoms with E-state index >= 15 is 0 Å². The van der Waals surface area contributed by atoms with Gasteiger partial charge in [-0.15, -0.1) is 0 Å². The molecule has 1 aromatic carbocycles. The van der Waals surface area contributed by atoms with Crippen LogP contribution in [0.25, 0.3) is 11.0 Å². The molecule has 0 unspecified atom stereocenters. The van der Waals surface area contributed by atoms with Crippen LogP contribution in [0.3, 0.4) is 0 Å². The molecule has 2 N–H and O–H groups in total. The van der Waals surface area contributed by atoms with Crippen molar-refractivity contribution in [3.63, 3.8) is 0 Å². The first kappa shape index (κ1) is 11.6. The molecule has 1 aliphatic heterocycles. The second-order valence-electron chi connectivity index (χ2n) is 4.87. The molecule has 5 nitrogen and oxygen atoms in total. The molecule has 0 saturated carbocycles. The predicted octanol–water partition coefficient (Wildman–Crippen LogP) is 1.14. The average molecular weight is 245 g/mol. The SMILES string of the molecule is c1cc2n[nH]nc2cc1CNCCN1CCCC1. The third-order valence-electron chi connectivity index (χ3n) is 3.51. The van der Waals surface area contributed by atoms with Gasteiger partial charge >= 0.3 is 0 Å². The molecule has 0 aliphatic carbocycles. The van der Waals surface area contributed by atoms with Gasteiger partial charge in [0.05, 0.1) is 0 Å². The Balaban J connectivity index is 1.47. The Kier molecular flexibility index (Phi) is 3.52. The van der Waals surface area contributed by atoms with E-state index in [2.05, 4.69) is 37.8 Å². The summed E-state index contributed by atoms with van der Waals surface area (Å²) in [4.78, 5) is 2.52. The number of rotatable bonds is 5. The van der Waals surface area contributed by atoms with Gasteiger partial charge in [0.25, 0.3) is 0 Å². The number of H-pyrrole nitrogens is 1. The number of aromatic nitrogens is 3. The van der Waals surface area contributed by atoms with Crippen LogP contribution in [0.4, 0.5) is 0 Å². The van der Waals surface area contributed by atoms with Gasteiger partial charge in [0.2, 0.25) is 0 Å². The Morgan fingerprint density at radius 1 is 1.17 bits per heavy atom. The minimum atomic E-state index is 0.899. The maximum absolute atomic E-state index is 4.10. The van der Waals surface area contributed by atoms with E-state index in [4.69, 9.17) is 0 Å². The molecule has 18 heavy (non-hydrogen) atoms. The molecule has 0 amide bonds. The number of likely N-dealkylation sites (tertiary alicyclic amines) is 1. The Labute approximate surface area is 107 Å². The van der Waals surface area contributed by atoms with Gasteiger partial charge in [-0.2, -0.15) is 15.4 Å². The van der Waals surface area contributed by atoms with E-state index in [-0.39, 0.29) is 0 Å². The highest BCUT2D eigenvalue weighted by Gasteiger charge is 2.09. The van der Waals surface area contributed by atoms with Crippen LogP contribution in [0.2, 0.25) is 0 Å². The van der Waals surface area contributed by atoms with Crippen molar-refractivity contribution in [1.82, 2.24) is 25.6 Å². The molecular formula is C13H19N5. The molecule has 0 spiro atoms. The number of fused-ring (bicyclic) bond motifs is 1. The van der Waals surface area contributed by atoms with Gasteiger partial charge in [0.1, 0.15) is 11.0 Å². The van der Waals surface area contributed by atoms with Crippen molar-refractivity contribution in [2.45, 2.75) is 19.4 Å². The monoisotopic (exact) mass is 245 g/mol. The van der Waals surface area contributed by atoms with Gasteiger partial charge in [0.15, 0.2) is 0 Å². The highest BCUT2D eigenvalue weighted by Crippen LogP contribution is 2.10. The summed E-state index contributed by atoms with van der Waals surface area (Å²) in [6.45, 7) is 5.65. The van der Waals surface area contributed by atoms with Crippen molar-refractivity contribution in [2.24, 2.45) is 0 Å². The Hall–Kier alpha value is -1.46. The minimum absolute atomic E-state index is 0.899. The molecule has 1 fully saturated rings. The largest absolute Gasteiger partial charge is 0.311 e. The molecular weight excluding hydrogens is 226 g/mol. The molecule has 1 saturated heterocycles. The normalized spacial score (nSPS) is 16.7. The van der Waals surface area contributed by atoms with Gasteiger partial charge in [-0.3, -0.25) is 0 Å².